The fourth-order valence-electron chi connectivity index (χ4n) is 4.75. The van der Waals surface area contributed by atoms with E-state index in [2.05, 4.69) is 107 Å². The molecule has 0 N–H and O–H groups in total. The molecule has 0 amide bonds. The highest BCUT2D eigenvalue weighted by molar-refractivity contribution is 5.56. The van der Waals surface area contributed by atoms with Crippen LogP contribution >= 0.6 is 0 Å². The molecule has 5 nitrogen and oxygen atoms in total. The largest absolute Gasteiger partial charge is 0.494 e. The second-order valence-corrected chi connectivity index (χ2v) is 8.44. The fourth-order valence-corrected chi connectivity index (χ4v) is 4.75. The third-order valence-corrected chi connectivity index (χ3v) is 6.49. The standard InChI is InChI=1S/C30H28N4O/c1-2-34-29(31-32-33-34)24-18-20-28(21-19-24)35-23-22-30(25-12-6-3-7-13-25,26-14-8-4-9-15-26)27-16-10-5-11-17-27/h3-21H,2,22-23H2,1H3. The smallest absolute Gasteiger partial charge is 0.182 e. The minimum absolute atomic E-state index is 0.326. The van der Waals surface area contributed by atoms with Crippen LogP contribution in [0, 0.1) is 0 Å². The van der Waals surface area contributed by atoms with Crippen LogP contribution in [0.2, 0.25) is 0 Å². The van der Waals surface area contributed by atoms with Crippen molar-refractivity contribution in [3.05, 3.63) is 132 Å². The van der Waals surface area contributed by atoms with Gasteiger partial charge in [0.15, 0.2) is 5.82 Å². The molecule has 4 aromatic carbocycles. The molecular formula is C30H28N4O. The Labute approximate surface area is 206 Å². The van der Waals surface area contributed by atoms with Crippen LogP contribution < -0.4 is 4.74 Å². The maximum absolute atomic E-state index is 6.30. The minimum Gasteiger partial charge on any atom is -0.494 e. The first-order chi connectivity index (χ1) is 17.3. The highest BCUT2D eigenvalue weighted by atomic mass is 16.5. The van der Waals surface area contributed by atoms with Gasteiger partial charge >= 0.3 is 0 Å². The van der Waals surface area contributed by atoms with Gasteiger partial charge in [-0.05, 0) is 64.7 Å². The number of ether oxygens (including phenoxy) is 1. The first kappa shape index (κ1) is 22.5. The molecule has 0 atom stereocenters. The van der Waals surface area contributed by atoms with Crippen LogP contribution in [0.15, 0.2) is 115 Å². The second kappa shape index (κ2) is 10.3. The van der Waals surface area contributed by atoms with Crippen LogP contribution in [0.4, 0.5) is 0 Å². The Kier molecular flexibility index (Phi) is 6.66. The van der Waals surface area contributed by atoms with Crippen molar-refractivity contribution in [3.8, 4) is 17.1 Å². The number of tetrazole rings is 1. The summed E-state index contributed by atoms with van der Waals surface area (Å²) in [6.07, 6.45) is 0.793. The van der Waals surface area contributed by atoms with Crippen molar-refractivity contribution in [2.45, 2.75) is 25.3 Å². The van der Waals surface area contributed by atoms with E-state index >= 15 is 0 Å². The van der Waals surface area contributed by atoms with Crippen LogP contribution in [0.1, 0.15) is 30.0 Å². The van der Waals surface area contributed by atoms with Gasteiger partial charge in [-0.1, -0.05) is 91.0 Å². The summed E-state index contributed by atoms with van der Waals surface area (Å²) in [6.45, 7) is 3.31. The lowest BCUT2D eigenvalue weighted by Crippen LogP contribution is -2.31. The van der Waals surface area contributed by atoms with Crippen molar-refractivity contribution < 1.29 is 4.74 Å². The molecule has 0 saturated carbocycles. The van der Waals surface area contributed by atoms with Gasteiger partial charge in [-0.15, -0.1) is 5.10 Å². The summed E-state index contributed by atoms with van der Waals surface area (Å²) in [4.78, 5) is 0. The SMILES string of the molecule is CCn1nnnc1-c1ccc(OCCC(c2ccccc2)(c2ccccc2)c2ccccc2)cc1. The van der Waals surface area contributed by atoms with Crippen molar-refractivity contribution in [3.63, 3.8) is 0 Å². The van der Waals surface area contributed by atoms with E-state index in [4.69, 9.17) is 4.74 Å². The summed E-state index contributed by atoms with van der Waals surface area (Å²) >= 11 is 0. The number of aromatic nitrogens is 4. The summed E-state index contributed by atoms with van der Waals surface area (Å²) in [6, 6.07) is 40.1. The Morgan fingerprint density at radius 1 is 0.686 bits per heavy atom. The molecule has 0 saturated heterocycles. The number of hydrogen-bond acceptors (Lipinski definition) is 4. The molecule has 0 aliphatic carbocycles. The van der Waals surface area contributed by atoms with Crippen LogP contribution in [0.25, 0.3) is 11.4 Å². The Balaban J connectivity index is 1.44. The molecule has 0 fully saturated rings. The normalized spacial score (nSPS) is 11.3. The molecule has 5 aromatic rings. The molecule has 174 valence electrons. The number of rotatable bonds is 9. The zero-order valence-electron chi connectivity index (χ0n) is 19.8. The Hall–Kier alpha value is -4.25. The zero-order chi connectivity index (χ0) is 23.9. The summed E-state index contributed by atoms with van der Waals surface area (Å²) in [5.74, 6) is 1.59. The van der Waals surface area contributed by atoms with Crippen molar-refractivity contribution in [1.29, 1.82) is 0 Å². The van der Waals surface area contributed by atoms with E-state index in [1.165, 1.54) is 16.7 Å². The highest BCUT2D eigenvalue weighted by Crippen LogP contribution is 2.42. The molecule has 0 aliphatic rings. The van der Waals surface area contributed by atoms with Gasteiger partial charge in [0.25, 0.3) is 0 Å². The monoisotopic (exact) mass is 460 g/mol. The first-order valence-electron chi connectivity index (χ1n) is 12.0. The maximum atomic E-state index is 6.30. The van der Waals surface area contributed by atoms with Gasteiger partial charge in [-0.2, -0.15) is 0 Å². The number of benzene rings is 4. The average molecular weight is 461 g/mol. The predicted molar refractivity (Wildman–Crippen MR) is 138 cm³/mol. The Morgan fingerprint density at radius 3 is 1.69 bits per heavy atom. The van der Waals surface area contributed by atoms with Crippen LogP contribution in [0.5, 0.6) is 5.75 Å². The lowest BCUT2D eigenvalue weighted by molar-refractivity contribution is 0.286. The molecule has 0 spiro atoms. The molecule has 1 heterocycles. The minimum atomic E-state index is -0.326. The average Bonchev–Trinajstić information content (AvgIpc) is 3.42. The van der Waals surface area contributed by atoms with Crippen molar-refractivity contribution in [2.75, 3.05) is 6.61 Å². The van der Waals surface area contributed by atoms with E-state index in [9.17, 15) is 0 Å². The summed E-state index contributed by atoms with van der Waals surface area (Å²) in [5, 5.41) is 12.0. The number of aryl methyl sites for hydroxylation is 1. The number of nitrogens with zero attached hydrogens (tertiary/aromatic N) is 4. The van der Waals surface area contributed by atoms with E-state index in [1.807, 2.05) is 31.2 Å². The molecule has 35 heavy (non-hydrogen) atoms. The fraction of sp³-hybridized carbons (Fsp3) is 0.167. The lowest BCUT2D eigenvalue weighted by atomic mass is 9.67. The summed E-state index contributed by atoms with van der Waals surface area (Å²) in [5.41, 5.74) is 4.40. The van der Waals surface area contributed by atoms with Crippen LogP contribution in [-0.2, 0) is 12.0 Å². The van der Waals surface area contributed by atoms with Crippen molar-refractivity contribution in [1.82, 2.24) is 20.2 Å². The van der Waals surface area contributed by atoms with E-state index in [0.29, 0.717) is 6.61 Å². The molecule has 0 aliphatic heterocycles. The van der Waals surface area contributed by atoms with E-state index in [1.54, 1.807) is 4.68 Å². The molecule has 5 rings (SSSR count). The van der Waals surface area contributed by atoms with Gasteiger partial charge in [0.05, 0.1) is 6.61 Å². The van der Waals surface area contributed by atoms with Gasteiger partial charge in [-0.25, -0.2) is 4.68 Å². The first-order valence-corrected chi connectivity index (χ1v) is 12.0. The second-order valence-electron chi connectivity index (χ2n) is 8.44. The third kappa shape index (κ3) is 4.58. The van der Waals surface area contributed by atoms with E-state index < -0.39 is 0 Å². The van der Waals surface area contributed by atoms with Crippen LogP contribution in [-0.4, -0.2) is 26.8 Å². The summed E-state index contributed by atoms with van der Waals surface area (Å²) < 4.78 is 8.08. The molecule has 0 bridgehead atoms. The van der Waals surface area contributed by atoms with Gasteiger partial charge in [-0.3, -0.25) is 0 Å². The lowest BCUT2D eigenvalue weighted by Gasteiger charge is -2.36. The Morgan fingerprint density at radius 2 is 1.20 bits per heavy atom. The number of hydrogen-bond donors (Lipinski definition) is 0. The maximum Gasteiger partial charge on any atom is 0.182 e. The molecule has 1 aromatic heterocycles. The van der Waals surface area contributed by atoms with E-state index in [-0.39, 0.29) is 5.41 Å². The van der Waals surface area contributed by atoms with Crippen molar-refractivity contribution >= 4 is 0 Å². The van der Waals surface area contributed by atoms with E-state index in [0.717, 1.165) is 30.1 Å². The predicted octanol–water partition coefficient (Wildman–Crippen LogP) is 6.16. The quantitative estimate of drug-likeness (QED) is 0.247. The zero-order valence-corrected chi connectivity index (χ0v) is 19.8. The van der Waals surface area contributed by atoms with Gasteiger partial charge in [0.1, 0.15) is 5.75 Å². The van der Waals surface area contributed by atoms with Gasteiger partial charge in [0, 0.05) is 17.5 Å². The topological polar surface area (TPSA) is 52.8 Å². The van der Waals surface area contributed by atoms with Crippen molar-refractivity contribution in [2.24, 2.45) is 0 Å². The summed E-state index contributed by atoms with van der Waals surface area (Å²) in [7, 11) is 0. The molecule has 0 radical (unpaired) electrons. The van der Waals surface area contributed by atoms with Gasteiger partial charge in [0.2, 0.25) is 0 Å². The van der Waals surface area contributed by atoms with Crippen LogP contribution in [0.3, 0.4) is 0 Å². The molecular weight excluding hydrogens is 432 g/mol. The highest BCUT2D eigenvalue weighted by Gasteiger charge is 2.36. The molecule has 0 unspecified atom stereocenters. The Bertz CT molecular complexity index is 1240. The van der Waals surface area contributed by atoms with Gasteiger partial charge < -0.3 is 4.74 Å². The molecule has 5 heteroatoms. The third-order valence-electron chi connectivity index (χ3n) is 6.49.